The molecule has 1 aromatic rings. The number of fused-ring (bicyclic) bond motifs is 1. The van der Waals surface area contributed by atoms with Gasteiger partial charge in [0.2, 0.25) is 0 Å². The summed E-state index contributed by atoms with van der Waals surface area (Å²) in [5.74, 6) is 1.72. The lowest BCUT2D eigenvalue weighted by atomic mass is 10.0. The molecule has 0 amide bonds. The molecule has 3 heteroatoms. The Kier molecular flexibility index (Phi) is 2.80. The summed E-state index contributed by atoms with van der Waals surface area (Å²) in [4.78, 5) is 4.36. The van der Waals surface area contributed by atoms with E-state index in [1.807, 2.05) is 12.3 Å². The zero-order valence-electron chi connectivity index (χ0n) is 9.67. The Hall–Kier alpha value is -1.25. The highest BCUT2D eigenvalue weighted by molar-refractivity contribution is 5.70. The van der Waals surface area contributed by atoms with Gasteiger partial charge in [0.05, 0.1) is 5.69 Å². The van der Waals surface area contributed by atoms with Gasteiger partial charge in [-0.15, -0.1) is 0 Å². The average Bonchev–Trinajstić information content (AvgIpc) is 2.17. The van der Waals surface area contributed by atoms with E-state index in [0.29, 0.717) is 6.04 Å². The maximum atomic E-state index is 4.36. The van der Waals surface area contributed by atoms with Crippen molar-refractivity contribution in [3.8, 4) is 0 Å². The van der Waals surface area contributed by atoms with E-state index in [0.717, 1.165) is 24.0 Å². The van der Waals surface area contributed by atoms with E-state index in [2.05, 4.69) is 36.4 Å². The van der Waals surface area contributed by atoms with Gasteiger partial charge >= 0.3 is 0 Å². The first-order valence-corrected chi connectivity index (χ1v) is 5.63. The van der Waals surface area contributed by atoms with Crippen molar-refractivity contribution in [3.63, 3.8) is 0 Å². The number of anilines is 2. The fourth-order valence-corrected chi connectivity index (χ4v) is 2.07. The van der Waals surface area contributed by atoms with Gasteiger partial charge in [-0.1, -0.05) is 13.8 Å². The zero-order chi connectivity index (χ0) is 10.8. The van der Waals surface area contributed by atoms with E-state index >= 15 is 0 Å². The first-order valence-electron chi connectivity index (χ1n) is 5.63. The van der Waals surface area contributed by atoms with E-state index < -0.39 is 0 Å². The van der Waals surface area contributed by atoms with Gasteiger partial charge in [0.15, 0.2) is 0 Å². The summed E-state index contributed by atoms with van der Waals surface area (Å²) in [5.41, 5.74) is 2.42. The Bertz CT molecular complexity index is 347. The molecule has 1 aliphatic heterocycles. The molecule has 0 spiro atoms. The topological polar surface area (TPSA) is 37.0 Å². The highest BCUT2D eigenvalue weighted by Gasteiger charge is 2.19. The van der Waals surface area contributed by atoms with E-state index in [-0.39, 0.29) is 0 Å². The number of nitrogens with zero attached hydrogens (tertiary/aromatic N) is 1. The molecule has 1 aliphatic rings. The molecule has 2 heterocycles. The maximum absolute atomic E-state index is 4.36. The number of rotatable bonds is 2. The summed E-state index contributed by atoms with van der Waals surface area (Å²) in [6, 6.07) is 2.54. The molecule has 0 saturated heterocycles. The fraction of sp³-hybridized carbons (Fsp3) is 0.583. The van der Waals surface area contributed by atoms with E-state index in [4.69, 9.17) is 0 Å². The molecule has 0 bridgehead atoms. The Balaban J connectivity index is 2.13. The highest BCUT2D eigenvalue weighted by Crippen LogP contribution is 2.28. The van der Waals surface area contributed by atoms with Crippen molar-refractivity contribution in [2.45, 2.75) is 33.2 Å². The Morgan fingerprint density at radius 3 is 3.07 bits per heavy atom. The van der Waals surface area contributed by atoms with Gasteiger partial charge in [-0.3, -0.25) is 0 Å². The van der Waals surface area contributed by atoms with Crippen LogP contribution in [0.25, 0.3) is 0 Å². The number of hydrogen-bond acceptors (Lipinski definition) is 3. The molecular weight excluding hydrogens is 186 g/mol. The molecule has 0 radical (unpaired) electrons. The molecule has 15 heavy (non-hydrogen) atoms. The third kappa shape index (κ3) is 2.22. The van der Waals surface area contributed by atoms with Gasteiger partial charge in [0.1, 0.15) is 5.82 Å². The predicted molar refractivity (Wildman–Crippen MR) is 64.3 cm³/mol. The van der Waals surface area contributed by atoms with Gasteiger partial charge in [0.25, 0.3) is 0 Å². The lowest BCUT2D eigenvalue weighted by Gasteiger charge is -2.29. The summed E-state index contributed by atoms with van der Waals surface area (Å²) < 4.78 is 0. The van der Waals surface area contributed by atoms with Crippen molar-refractivity contribution in [1.82, 2.24) is 4.98 Å². The van der Waals surface area contributed by atoms with Gasteiger partial charge in [0, 0.05) is 18.8 Å². The molecule has 82 valence electrons. The summed E-state index contributed by atoms with van der Waals surface area (Å²) in [7, 11) is 0. The average molecular weight is 205 g/mol. The fourth-order valence-electron chi connectivity index (χ4n) is 2.07. The molecule has 1 unspecified atom stereocenters. The van der Waals surface area contributed by atoms with Crippen molar-refractivity contribution in [2.75, 3.05) is 17.2 Å². The third-order valence-corrected chi connectivity index (χ3v) is 2.78. The summed E-state index contributed by atoms with van der Waals surface area (Å²) in [6.45, 7) is 7.61. The SMILES string of the molecule is Cc1ccnc2c1NCC(CC(C)C)N2. The zero-order valence-corrected chi connectivity index (χ0v) is 9.67. The van der Waals surface area contributed by atoms with Crippen LogP contribution in [0.2, 0.25) is 0 Å². The van der Waals surface area contributed by atoms with Crippen molar-refractivity contribution in [3.05, 3.63) is 17.8 Å². The summed E-state index contributed by atoms with van der Waals surface area (Å²) in [5, 5.41) is 6.96. The van der Waals surface area contributed by atoms with Gasteiger partial charge in [-0.05, 0) is 30.9 Å². The Morgan fingerprint density at radius 2 is 2.33 bits per heavy atom. The van der Waals surface area contributed by atoms with Crippen LogP contribution < -0.4 is 10.6 Å². The Labute approximate surface area is 91.3 Å². The van der Waals surface area contributed by atoms with Gasteiger partial charge < -0.3 is 10.6 Å². The lowest BCUT2D eigenvalue weighted by molar-refractivity contribution is 0.524. The van der Waals surface area contributed by atoms with Crippen LogP contribution in [-0.4, -0.2) is 17.6 Å². The van der Waals surface area contributed by atoms with Crippen LogP contribution in [0.3, 0.4) is 0 Å². The smallest absolute Gasteiger partial charge is 0.149 e. The number of nitrogens with one attached hydrogen (secondary N) is 2. The molecule has 1 atom stereocenters. The molecule has 3 nitrogen and oxygen atoms in total. The van der Waals surface area contributed by atoms with Crippen molar-refractivity contribution in [1.29, 1.82) is 0 Å². The molecule has 1 aromatic heterocycles. The Morgan fingerprint density at radius 1 is 1.53 bits per heavy atom. The minimum absolute atomic E-state index is 0.506. The van der Waals surface area contributed by atoms with Crippen LogP contribution >= 0.6 is 0 Å². The van der Waals surface area contributed by atoms with Crippen LogP contribution in [-0.2, 0) is 0 Å². The standard InChI is InChI=1S/C12H19N3/c1-8(2)6-10-7-14-11-9(3)4-5-13-12(11)15-10/h4-5,8,10,14H,6-7H2,1-3H3,(H,13,15). The van der Waals surface area contributed by atoms with Crippen LogP contribution in [0.5, 0.6) is 0 Å². The third-order valence-electron chi connectivity index (χ3n) is 2.78. The van der Waals surface area contributed by atoms with Crippen molar-refractivity contribution in [2.24, 2.45) is 5.92 Å². The van der Waals surface area contributed by atoms with Crippen LogP contribution in [0.15, 0.2) is 12.3 Å². The lowest BCUT2D eigenvalue weighted by Crippen LogP contribution is -2.34. The van der Waals surface area contributed by atoms with E-state index in [9.17, 15) is 0 Å². The number of pyridine rings is 1. The van der Waals surface area contributed by atoms with Gasteiger partial charge in [-0.25, -0.2) is 4.98 Å². The number of aryl methyl sites for hydroxylation is 1. The van der Waals surface area contributed by atoms with Gasteiger partial charge in [-0.2, -0.15) is 0 Å². The largest absolute Gasteiger partial charge is 0.380 e. The van der Waals surface area contributed by atoms with Crippen LogP contribution in [0.1, 0.15) is 25.8 Å². The molecule has 0 aliphatic carbocycles. The molecule has 0 aromatic carbocycles. The van der Waals surface area contributed by atoms with Crippen LogP contribution in [0.4, 0.5) is 11.5 Å². The molecule has 0 fully saturated rings. The highest BCUT2D eigenvalue weighted by atomic mass is 15.1. The molecule has 2 N–H and O–H groups in total. The molecular formula is C12H19N3. The summed E-state index contributed by atoms with van der Waals surface area (Å²) >= 11 is 0. The maximum Gasteiger partial charge on any atom is 0.149 e. The molecule has 0 saturated carbocycles. The second kappa shape index (κ2) is 4.09. The van der Waals surface area contributed by atoms with E-state index in [1.165, 1.54) is 12.0 Å². The second-order valence-electron chi connectivity index (χ2n) is 4.70. The predicted octanol–water partition coefficient (Wildman–Crippen LogP) is 2.64. The minimum Gasteiger partial charge on any atom is -0.380 e. The number of aromatic nitrogens is 1. The quantitative estimate of drug-likeness (QED) is 0.779. The first kappa shape index (κ1) is 10.3. The monoisotopic (exact) mass is 205 g/mol. The van der Waals surface area contributed by atoms with E-state index in [1.54, 1.807) is 0 Å². The number of hydrogen-bond donors (Lipinski definition) is 2. The normalized spacial score (nSPS) is 19.3. The first-order chi connectivity index (χ1) is 7.16. The van der Waals surface area contributed by atoms with Crippen molar-refractivity contribution >= 4 is 11.5 Å². The van der Waals surface area contributed by atoms with Crippen LogP contribution in [0, 0.1) is 12.8 Å². The van der Waals surface area contributed by atoms with Crippen molar-refractivity contribution < 1.29 is 0 Å². The minimum atomic E-state index is 0.506. The summed E-state index contributed by atoms with van der Waals surface area (Å²) in [6.07, 6.45) is 3.04. The molecule has 2 rings (SSSR count). The second-order valence-corrected chi connectivity index (χ2v) is 4.70.